The van der Waals surface area contributed by atoms with Crippen LogP contribution in [-0.2, 0) is 24.2 Å². The minimum Gasteiger partial charge on any atom is -0.493 e. The van der Waals surface area contributed by atoms with E-state index in [1.54, 1.807) is 7.11 Å². The number of nitrogens with zero attached hydrogens (tertiary/aromatic N) is 2. The van der Waals surface area contributed by atoms with Gasteiger partial charge in [0, 0.05) is 13.5 Å². The number of hydrogen-bond donors (Lipinski definition) is 0. The summed E-state index contributed by atoms with van der Waals surface area (Å²) in [6, 6.07) is 10.2. The number of aryl methyl sites for hydroxylation is 1. The van der Waals surface area contributed by atoms with Crippen molar-refractivity contribution in [3.63, 3.8) is 0 Å². The average molecular weight is 302 g/mol. The van der Waals surface area contributed by atoms with E-state index < -0.39 is 0 Å². The molecule has 0 atom stereocenters. The van der Waals surface area contributed by atoms with Gasteiger partial charge in [0.2, 0.25) is 0 Å². The highest BCUT2D eigenvalue weighted by Gasteiger charge is 2.11. The van der Waals surface area contributed by atoms with Gasteiger partial charge in [-0.05, 0) is 18.1 Å². The van der Waals surface area contributed by atoms with Crippen LogP contribution in [0.1, 0.15) is 28.1 Å². The van der Waals surface area contributed by atoms with Crippen LogP contribution in [0.3, 0.4) is 0 Å². The predicted molar refractivity (Wildman–Crippen MR) is 82.6 cm³/mol. The first-order chi connectivity index (χ1) is 10.3. The lowest BCUT2D eigenvalue weighted by Crippen LogP contribution is -2.03. The molecule has 110 valence electrons. The zero-order valence-electron chi connectivity index (χ0n) is 12.3. The molecule has 0 bridgehead atoms. The van der Waals surface area contributed by atoms with Crippen molar-refractivity contribution in [3.8, 4) is 11.8 Å². The Kier molecular flexibility index (Phi) is 5.73. The molecule has 21 heavy (non-hydrogen) atoms. The smallest absolute Gasteiger partial charge is 0.130 e. The van der Waals surface area contributed by atoms with Gasteiger partial charge in [0.15, 0.2) is 0 Å². The summed E-state index contributed by atoms with van der Waals surface area (Å²) in [5.74, 6) is 0.925. The Morgan fingerprint density at radius 3 is 2.86 bits per heavy atom. The summed E-state index contributed by atoms with van der Waals surface area (Å²) in [4.78, 5) is 5.06. The minimum absolute atomic E-state index is 0.374. The van der Waals surface area contributed by atoms with E-state index in [-0.39, 0.29) is 0 Å². The molecule has 5 heteroatoms. The van der Waals surface area contributed by atoms with Gasteiger partial charge in [-0.2, -0.15) is 5.26 Å². The van der Waals surface area contributed by atoms with Crippen molar-refractivity contribution >= 4 is 11.3 Å². The molecule has 0 aliphatic heterocycles. The second-order valence-electron chi connectivity index (χ2n) is 4.49. The van der Waals surface area contributed by atoms with Gasteiger partial charge in [-0.15, -0.1) is 11.3 Å². The first-order valence-corrected chi connectivity index (χ1v) is 7.68. The molecule has 1 aromatic carbocycles. The molecule has 0 saturated heterocycles. The van der Waals surface area contributed by atoms with Crippen molar-refractivity contribution in [3.05, 3.63) is 45.4 Å². The van der Waals surface area contributed by atoms with Crippen LogP contribution in [0.5, 0.6) is 5.75 Å². The maximum Gasteiger partial charge on any atom is 0.130 e. The molecular weight excluding hydrogens is 284 g/mol. The summed E-state index contributed by atoms with van der Waals surface area (Å²) in [5.41, 5.74) is 1.92. The van der Waals surface area contributed by atoms with E-state index in [9.17, 15) is 0 Å². The quantitative estimate of drug-likeness (QED) is 0.787. The Hall–Kier alpha value is -1.90. The molecule has 0 N–H and O–H groups in total. The highest BCUT2D eigenvalue weighted by molar-refractivity contribution is 7.12. The standard InChI is InChI=1S/C16H18N2O2S/c1-3-12-6-4-5-7-14(12)20-9-8-16-18-13(11-19-2)15(10-17)21-16/h4-7H,3,8-9,11H2,1-2H3. The number of benzene rings is 1. The van der Waals surface area contributed by atoms with E-state index >= 15 is 0 Å². The molecule has 2 rings (SSSR count). The summed E-state index contributed by atoms with van der Waals surface area (Å²) in [6.07, 6.45) is 1.64. The average Bonchev–Trinajstić information content (AvgIpc) is 2.90. The number of nitriles is 1. The van der Waals surface area contributed by atoms with Crippen molar-refractivity contribution < 1.29 is 9.47 Å². The minimum atomic E-state index is 0.374. The molecule has 0 amide bonds. The maximum absolute atomic E-state index is 9.06. The summed E-state index contributed by atoms with van der Waals surface area (Å²) in [7, 11) is 1.60. The van der Waals surface area contributed by atoms with Crippen LogP contribution in [0.25, 0.3) is 0 Å². The third-order valence-corrected chi connectivity index (χ3v) is 4.11. The van der Waals surface area contributed by atoms with Crippen molar-refractivity contribution in [2.24, 2.45) is 0 Å². The number of ether oxygens (including phenoxy) is 2. The van der Waals surface area contributed by atoms with Crippen LogP contribution in [0.2, 0.25) is 0 Å². The Balaban J connectivity index is 1.96. The fraction of sp³-hybridized carbons (Fsp3) is 0.375. The largest absolute Gasteiger partial charge is 0.493 e. The third kappa shape index (κ3) is 4.03. The van der Waals surface area contributed by atoms with Gasteiger partial charge in [0.05, 0.1) is 23.9 Å². The lowest BCUT2D eigenvalue weighted by atomic mass is 10.1. The SMILES string of the molecule is CCc1ccccc1OCCc1nc(COC)c(C#N)s1. The van der Waals surface area contributed by atoms with Crippen molar-refractivity contribution in [2.45, 2.75) is 26.4 Å². The maximum atomic E-state index is 9.06. The van der Waals surface area contributed by atoms with Crippen LogP contribution >= 0.6 is 11.3 Å². The molecule has 0 unspecified atom stereocenters. The highest BCUT2D eigenvalue weighted by atomic mass is 32.1. The van der Waals surface area contributed by atoms with Gasteiger partial charge >= 0.3 is 0 Å². The number of aromatic nitrogens is 1. The molecule has 1 aromatic heterocycles. The predicted octanol–water partition coefficient (Wildman–Crippen LogP) is 3.35. The number of thiazole rings is 1. The van der Waals surface area contributed by atoms with E-state index in [0.717, 1.165) is 17.2 Å². The van der Waals surface area contributed by atoms with Crippen LogP contribution in [-0.4, -0.2) is 18.7 Å². The second-order valence-corrected chi connectivity index (χ2v) is 5.57. The first-order valence-electron chi connectivity index (χ1n) is 6.86. The molecule has 2 aromatic rings. The summed E-state index contributed by atoms with van der Waals surface area (Å²) in [6.45, 7) is 3.04. The molecule has 1 heterocycles. The number of para-hydroxylation sites is 1. The van der Waals surface area contributed by atoms with E-state index in [1.807, 2.05) is 18.2 Å². The van der Waals surface area contributed by atoms with Gasteiger partial charge in [0.1, 0.15) is 16.7 Å². The van der Waals surface area contributed by atoms with Crippen LogP contribution in [0.15, 0.2) is 24.3 Å². The zero-order valence-corrected chi connectivity index (χ0v) is 13.1. The van der Waals surface area contributed by atoms with Gasteiger partial charge in [0.25, 0.3) is 0 Å². The second kappa shape index (κ2) is 7.77. The normalized spacial score (nSPS) is 10.3. The number of rotatable bonds is 7. The molecule has 0 saturated carbocycles. The van der Waals surface area contributed by atoms with Crippen LogP contribution in [0.4, 0.5) is 0 Å². The fourth-order valence-electron chi connectivity index (χ4n) is 2.01. The molecule has 0 fully saturated rings. The summed E-state index contributed by atoms with van der Waals surface area (Å²) < 4.78 is 10.9. The topological polar surface area (TPSA) is 55.1 Å². The molecule has 0 aliphatic rings. The zero-order chi connectivity index (χ0) is 15.1. The Labute approximate surface area is 129 Å². The van der Waals surface area contributed by atoms with Gasteiger partial charge in [-0.25, -0.2) is 4.98 Å². The lowest BCUT2D eigenvalue weighted by molar-refractivity contribution is 0.181. The van der Waals surface area contributed by atoms with Crippen LogP contribution in [0, 0.1) is 11.3 Å². The van der Waals surface area contributed by atoms with Crippen molar-refractivity contribution in [1.82, 2.24) is 4.98 Å². The number of hydrogen-bond acceptors (Lipinski definition) is 5. The molecule has 0 aliphatic carbocycles. The van der Waals surface area contributed by atoms with E-state index in [4.69, 9.17) is 14.7 Å². The summed E-state index contributed by atoms with van der Waals surface area (Å²) in [5, 5.41) is 9.97. The monoisotopic (exact) mass is 302 g/mol. The fourth-order valence-corrected chi connectivity index (χ4v) is 2.86. The van der Waals surface area contributed by atoms with E-state index in [0.29, 0.717) is 30.2 Å². The number of methoxy groups -OCH3 is 1. The first kappa shape index (κ1) is 15.5. The van der Waals surface area contributed by atoms with Gasteiger partial charge in [-0.1, -0.05) is 25.1 Å². The van der Waals surface area contributed by atoms with E-state index in [2.05, 4.69) is 24.0 Å². The molecule has 0 radical (unpaired) electrons. The van der Waals surface area contributed by atoms with Crippen molar-refractivity contribution in [1.29, 1.82) is 5.26 Å². The van der Waals surface area contributed by atoms with Crippen molar-refractivity contribution in [2.75, 3.05) is 13.7 Å². The molecular formula is C16H18N2O2S. The Morgan fingerprint density at radius 1 is 1.33 bits per heavy atom. The van der Waals surface area contributed by atoms with Gasteiger partial charge < -0.3 is 9.47 Å². The molecule has 0 spiro atoms. The summed E-state index contributed by atoms with van der Waals surface area (Å²) >= 11 is 1.41. The lowest BCUT2D eigenvalue weighted by Gasteiger charge is -2.09. The molecule has 4 nitrogen and oxygen atoms in total. The Bertz CT molecular complexity index is 631. The highest BCUT2D eigenvalue weighted by Crippen LogP contribution is 2.21. The van der Waals surface area contributed by atoms with Crippen LogP contribution < -0.4 is 4.74 Å². The third-order valence-electron chi connectivity index (χ3n) is 3.05. The Morgan fingerprint density at radius 2 is 2.14 bits per heavy atom. The van der Waals surface area contributed by atoms with Gasteiger partial charge in [-0.3, -0.25) is 0 Å². The van der Waals surface area contributed by atoms with E-state index in [1.165, 1.54) is 16.9 Å².